The highest BCUT2D eigenvalue weighted by molar-refractivity contribution is 4.90. The Labute approximate surface area is 71.5 Å². The van der Waals surface area contributed by atoms with Gasteiger partial charge in [0.05, 0.1) is 12.2 Å². The molecule has 1 aliphatic carbocycles. The van der Waals surface area contributed by atoms with E-state index in [9.17, 15) is 15.3 Å². The molecule has 0 saturated heterocycles. The Morgan fingerprint density at radius 3 is 2.17 bits per heavy atom. The number of hydrogen-bond acceptors (Lipinski definition) is 4. The Morgan fingerprint density at radius 1 is 1.08 bits per heavy atom. The predicted octanol–water partition coefficient (Wildman–Crippen LogP) is -1.28. The van der Waals surface area contributed by atoms with Crippen molar-refractivity contribution in [2.75, 3.05) is 6.61 Å². The normalized spacial score (nSPS) is 49.2. The number of rotatable bonds is 1. The number of hydrogen-bond donors (Lipinski definition) is 4. The molecule has 5 atom stereocenters. The van der Waals surface area contributed by atoms with Crippen LogP contribution in [-0.4, -0.2) is 45.3 Å². The summed E-state index contributed by atoms with van der Waals surface area (Å²) in [5.74, 6) is -0.376. The van der Waals surface area contributed by atoms with Crippen LogP contribution >= 0.6 is 0 Å². The minimum atomic E-state index is -1.12. The number of aliphatic hydroxyl groups excluding tert-OH is 4. The maximum Gasteiger partial charge on any atom is 0.106 e. The SMILES string of the molecule is CC1CC(CO)[C@@H](O)[C@@H](O)C1O. The fourth-order valence-corrected chi connectivity index (χ4v) is 1.76. The van der Waals surface area contributed by atoms with Gasteiger partial charge in [0.25, 0.3) is 0 Å². The monoisotopic (exact) mass is 176 g/mol. The third kappa shape index (κ3) is 1.61. The zero-order chi connectivity index (χ0) is 9.30. The molecule has 0 amide bonds. The predicted molar refractivity (Wildman–Crippen MR) is 42.4 cm³/mol. The lowest BCUT2D eigenvalue weighted by molar-refractivity contribution is -0.138. The van der Waals surface area contributed by atoms with Gasteiger partial charge in [-0.05, 0) is 12.3 Å². The first kappa shape index (κ1) is 9.92. The first-order chi connectivity index (χ1) is 5.57. The summed E-state index contributed by atoms with van der Waals surface area (Å²) in [6.07, 6.45) is -2.44. The van der Waals surface area contributed by atoms with Gasteiger partial charge in [-0.1, -0.05) is 6.92 Å². The van der Waals surface area contributed by atoms with Crippen molar-refractivity contribution in [3.8, 4) is 0 Å². The van der Waals surface area contributed by atoms with Gasteiger partial charge in [-0.15, -0.1) is 0 Å². The molecule has 0 aromatic rings. The fourth-order valence-electron chi connectivity index (χ4n) is 1.76. The minimum Gasteiger partial charge on any atom is -0.396 e. The largest absolute Gasteiger partial charge is 0.396 e. The third-order valence-corrected chi connectivity index (χ3v) is 2.67. The van der Waals surface area contributed by atoms with E-state index in [1.807, 2.05) is 0 Å². The average molecular weight is 176 g/mol. The van der Waals surface area contributed by atoms with E-state index in [0.29, 0.717) is 6.42 Å². The first-order valence-electron chi connectivity index (χ1n) is 4.23. The zero-order valence-corrected chi connectivity index (χ0v) is 7.09. The lowest BCUT2D eigenvalue weighted by Gasteiger charge is -2.38. The molecule has 1 rings (SSSR count). The lowest BCUT2D eigenvalue weighted by Crippen LogP contribution is -2.51. The maximum atomic E-state index is 9.36. The van der Waals surface area contributed by atoms with Crippen LogP contribution in [0, 0.1) is 11.8 Å². The van der Waals surface area contributed by atoms with Crippen molar-refractivity contribution < 1.29 is 20.4 Å². The van der Waals surface area contributed by atoms with Crippen LogP contribution in [0.15, 0.2) is 0 Å². The minimum absolute atomic E-state index is 0.0689. The Hall–Kier alpha value is -0.160. The van der Waals surface area contributed by atoms with E-state index < -0.39 is 18.3 Å². The van der Waals surface area contributed by atoms with Crippen LogP contribution in [0.5, 0.6) is 0 Å². The van der Waals surface area contributed by atoms with Crippen molar-refractivity contribution in [1.82, 2.24) is 0 Å². The first-order valence-corrected chi connectivity index (χ1v) is 4.23. The van der Waals surface area contributed by atoms with Gasteiger partial charge in [-0.2, -0.15) is 0 Å². The Kier molecular flexibility index (Phi) is 3.06. The second kappa shape index (κ2) is 3.70. The van der Waals surface area contributed by atoms with E-state index in [4.69, 9.17) is 5.11 Å². The van der Waals surface area contributed by atoms with Crippen LogP contribution in [0.2, 0.25) is 0 Å². The highest BCUT2D eigenvalue weighted by Crippen LogP contribution is 2.29. The molecule has 0 spiro atoms. The molecule has 3 unspecified atom stereocenters. The molecule has 4 heteroatoms. The summed E-state index contributed by atoms with van der Waals surface area (Å²) in [6, 6.07) is 0. The van der Waals surface area contributed by atoms with E-state index in [-0.39, 0.29) is 18.4 Å². The van der Waals surface area contributed by atoms with Crippen molar-refractivity contribution in [2.45, 2.75) is 31.7 Å². The third-order valence-electron chi connectivity index (χ3n) is 2.67. The molecule has 4 nitrogen and oxygen atoms in total. The Balaban J connectivity index is 2.63. The molecule has 1 saturated carbocycles. The summed E-state index contributed by atoms with van der Waals surface area (Å²) in [4.78, 5) is 0. The summed E-state index contributed by atoms with van der Waals surface area (Å²) in [5, 5.41) is 36.8. The molecule has 72 valence electrons. The van der Waals surface area contributed by atoms with E-state index in [1.165, 1.54) is 0 Å². The maximum absolute atomic E-state index is 9.36. The Morgan fingerprint density at radius 2 is 1.67 bits per heavy atom. The van der Waals surface area contributed by atoms with Gasteiger partial charge in [-0.3, -0.25) is 0 Å². The molecule has 4 N–H and O–H groups in total. The van der Waals surface area contributed by atoms with Gasteiger partial charge in [0, 0.05) is 12.5 Å². The smallest absolute Gasteiger partial charge is 0.106 e. The molecule has 0 radical (unpaired) electrons. The highest BCUT2D eigenvalue weighted by atomic mass is 16.4. The summed E-state index contributed by atoms with van der Waals surface area (Å²) in [7, 11) is 0. The summed E-state index contributed by atoms with van der Waals surface area (Å²) in [6.45, 7) is 1.65. The molecule has 0 aliphatic heterocycles. The van der Waals surface area contributed by atoms with Crippen LogP contribution in [0.25, 0.3) is 0 Å². The van der Waals surface area contributed by atoms with E-state index in [0.717, 1.165) is 0 Å². The van der Waals surface area contributed by atoms with Gasteiger partial charge in [0.15, 0.2) is 0 Å². The molecule has 12 heavy (non-hydrogen) atoms. The van der Waals surface area contributed by atoms with Crippen LogP contribution in [0.3, 0.4) is 0 Å². The van der Waals surface area contributed by atoms with E-state index in [2.05, 4.69) is 0 Å². The standard InChI is InChI=1S/C8H16O4/c1-4-2-5(3-9)7(11)8(12)6(4)10/h4-12H,2-3H2,1H3/t4?,5?,6?,7-,8+/m1/s1. The average Bonchev–Trinajstić information content (AvgIpc) is 2.08. The van der Waals surface area contributed by atoms with Gasteiger partial charge in [0.2, 0.25) is 0 Å². The van der Waals surface area contributed by atoms with Crippen molar-refractivity contribution in [3.05, 3.63) is 0 Å². The topological polar surface area (TPSA) is 80.9 Å². The molecule has 0 bridgehead atoms. The van der Waals surface area contributed by atoms with Crippen LogP contribution < -0.4 is 0 Å². The fraction of sp³-hybridized carbons (Fsp3) is 1.00. The molecule has 1 fully saturated rings. The van der Waals surface area contributed by atoms with Gasteiger partial charge < -0.3 is 20.4 Å². The van der Waals surface area contributed by atoms with E-state index in [1.54, 1.807) is 6.92 Å². The van der Waals surface area contributed by atoms with Crippen molar-refractivity contribution >= 4 is 0 Å². The lowest BCUT2D eigenvalue weighted by atomic mass is 9.77. The second-order valence-electron chi connectivity index (χ2n) is 3.63. The van der Waals surface area contributed by atoms with Crippen LogP contribution in [0.1, 0.15) is 13.3 Å². The molecule has 1 aliphatic rings. The molecule has 0 aromatic heterocycles. The molecule has 0 aromatic carbocycles. The number of aliphatic hydroxyl groups is 4. The summed E-state index contributed by atoms with van der Waals surface area (Å²) < 4.78 is 0. The zero-order valence-electron chi connectivity index (χ0n) is 7.09. The summed E-state index contributed by atoms with van der Waals surface area (Å²) >= 11 is 0. The quantitative estimate of drug-likeness (QED) is 0.401. The highest BCUT2D eigenvalue weighted by Gasteiger charge is 2.40. The van der Waals surface area contributed by atoms with Crippen molar-refractivity contribution in [2.24, 2.45) is 11.8 Å². The van der Waals surface area contributed by atoms with E-state index >= 15 is 0 Å². The van der Waals surface area contributed by atoms with Gasteiger partial charge >= 0.3 is 0 Å². The molecule has 0 heterocycles. The van der Waals surface area contributed by atoms with Crippen LogP contribution in [0.4, 0.5) is 0 Å². The Bertz CT molecular complexity index is 145. The van der Waals surface area contributed by atoms with Gasteiger partial charge in [0.1, 0.15) is 6.10 Å². The van der Waals surface area contributed by atoms with Crippen molar-refractivity contribution in [1.29, 1.82) is 0 Å². The van der Waals surface area contributed by atoms with Gasteiger partial charge in [-0.25, -0.2) is 0 Å². The molecular formula is C8H16O4. The molecular weight excluding hydrogens is 160 g/mol. The summed E-state index contributed by atoms with van der Waals surface area (Å²) in [5.41, 5.74) is 0. The van der Waals surface area contributed by atoms with Crippen LogP contribution in [-0.2, 0) is 0 Å². The van der Waals surface area contributed by atoms with Crippen molar-refractivity contribution in [3.63, 3.8) is 0 Å². The second-order valence-corrected chi connectivity index (χ2v) is 3.63.